The van der Waals surface area contributed by atoms with Crippen LogP contribution in [0.2, 0.25) is 12.1 Å². The number of unbranched alkanes of at least 4 members (excludes halogenated alkanes) is 12. The Labute approximate surface area is 148 Å². The molecule has 0 atom stereocenters. The molecule has 23 heavy (non-hydrogen) atoms. The molecular weight excluding hydrogens is 300 g/mol. The molecule has 0 unspecified atom stereocenters. The molecule has 0 aliphatic heterocycles. The zero-order chi connectivity index (χ0) is 17.2. The van der Waals surface area contributed by atoms with E-state index in [1.54, 1.807) is 0 Å². The third-order valence-corrected chi connectivity index (χ3v) is 8.90. The lowest BCUT2D eigenvalue weighted by molar-refractivity contribution is 0.239. The smallest absolute Gasteiger partial charge is 0.337 e. The molecule has 0 saturated carbocycles. The molecule has 0 aromatic rings. The first-order valence-electron chi connectivity index (χ1n) is 10.3. The first-order chi connectivity index (χ1) is 11.2. The van der Waals surface area contributed by atoms with Crippen LogP contribution in [-0.2, 0) is 8.85 Å². The van der Waals surface area contributed by atoms with Gasteiger partial charge >= 0.3 is 8.56 Å². The normalized spacial score (nSPS) is 12.0. The van der Waals surface area contributed by atoms with Crippen molar-refractivity contribution < 1.29 is 8.85 Å². The van der Waals surface area contributed by atoms with E-state index in [1.165, 1.54) is 95.9 Å². The van der Waals surface area contributed by atoms with Crippen LogP contribution in [0.3, 0.4) is 0 Å². The van der Waals surface area contributed by atoms with Crippen molar-refractivity contribution in [2.75, 3.05) is 14.2 Å². The van der Waals surface area contributed by atoms with Gasteiger partial charge in [-0.05, 0) is 12.1 Å². The summed E-state index contributed by atoms with van der Waals surface area (Å²) < 4.78 is 11.5. The molecule has 140 valence electrons. The monoisotopic (exact) mass is 344 g/mol. The summed E-state index contributed by atoms with van der Waals surface area (Å²) in [7, 11) is 1.84. The lowest BCUT2D eigenvalue weighted by Gasteiger charge is -2.27. The molecule has 0 N–H and O–H groups in total. The van der Waals surface area contributed by atoms with Crippen molar-refractivity contribution in [3.05, 3.63) is 0 Å². The third-order valence-electron chi connectivity index (χ3n) is 5.04. The quantitative estimate of drug-likeness (QED) is 0.193. The highest BCUT2D eigenvalue weighted by Crippen LogP contribution is 2.23. The van der Waals surface area contributed by atoms with Crippen LogP contribution in [0.25, 0.3) is 0 Å². The maximum absolute atomic E-state index is 5.75. The molecule has 0 aliphatic carbocycles. The van der Waals surface area contributed by atoms with Gasteiger partial charge in [0.25, 0.3) is 0 Å². The van der Waals surface area contributed by atoms with Crippen molar-refractivity contribution in [2.45, 2.75) is 116 Å². The van der Waals surface area contributed by atoms with E-state index in [2.05, 4.69) is 13.8 Å². The van der Waals surface area contributed by atoms with Crippen molar-refractivity contribution >= 4 is 8.56 Å². The lowest BCUT2D eigenvalue weighted by Crippen LogP contribution is -2.39. The Morgan fingerprint density at radius 2 is 0.870 bits per heavy atom. The molecule has 0 aromatic heterocycles. The van der Waals surface area contributed by atoms with Gasteiger partial charge in [-0.3, -0.25) is 0 Å². The minimum atomic E-state index is -1.84. The van der Waals surface area contributed by atoms with Crippen LogP contribution in [0.4, 0.5) is 0 Å². The van der Waals surface area contributed by atoms with Crippen LogP contribution in [0, 0.1) is 0 Å². The maximum atomic E-state index is 5.75. The van der Waals surface area contributed by atoms with Gasteiger partial charge in [0.05, 0.1) is 0 Å². The Morgan fingerprint density at radius 1 is 0.478 bits per heavy atom. The Bertz CT molecular complexity index is 230. The number of rotatable bonds is 18. The maximum Gasteiger partial charge on any atom is 0.337 e. The highest BCUT2D eigenvalue weighted by molar-refractivity contribution is 6.67. The second-order valence-corrected chi connectivity index (χ2v) is 10.7. The molecule has 0 fully saturated rings. The van der Waals surface area contributed by atoms with Crippen LogP contribution in [0.1, 0.15) is 104 Å². The van der Waals surface area contributed by atoms with Crippen molar-refractivity contribution in [1.29, 1.82) is 0 Å². The van der Waals surface area contributed by atoms with Gasteiger partial charge in [0, 0.05) is 14.2 Å². The van der Waals surface area contributed by atoms with E-state index >= 15 is 0 Å². The molecular formula is C20H44O2Si. The van der Waals surface area contributed by atoms with E-state index in [-0.39, 0.29) is 0 Å². The number of hydrogen-bond donors (Lipinski definition) is 0. The second kappa shape index (κ2) is 17.0. The van der Waals surface area contributed by atoms with Crippen molar-refractivity contribution in [2.24, 2.45) is 0 Å². The fraction of sp³-hybridized carbons (Fsp3) is 1.00. The van der Waals surface area contributed by atoms with Crippen LogP contribution >= 0.6 is 0 Å². The van der Waals surface area contributed by atoms with E-state index in [9.17, 15) is 0 Å². The molecule has 0 bridgehead atoms. The molecule has 0 saturated heterocycles. The van der Waals surface area contributed by atoms with Gasteiger partial charge in [0.1, 0.15) is 0 Å². The summed E-state index contributed by atoms with van der Waals surface area (Å²) in [6.07, 6.45) is 19.5. The summed E-state index contributed by atoms with van der Waals surface area (Å²) in [5.41, 5.74) is 0. The number of hydrogen-bond acceptors (Lipinski definition) is 2. The molecule has 0 aromatic carbocycles. The fourth-order valence-electron chi connectivity index (χ4n) is 3.41. The van der Waals surface area contributed by atoms with Crippen molar-refractivity contribution in [3.63, 3.8) is 0 Å². The van der Waals surface area contributed by atoms with Gasteiger partial charge in [0.15, 0.2) is 0 Å². The van der Waals surface area contributed by atoms with E-state index in [0.717, 1.165) is 6.04 Å². The molecule has 0 rings (SSSR count). The predicted molar refractivity (Wildman–Crippen MR) is 105 cm³/mol. The average molecular weight is 345 g/mol. The van der Waals surface area contributed by atoms with E-state index in [4.69, 9.17) is 8.85 Å². The van der Waals surface area contributed by atoms with Gasteiger partial charge in [-0.1, -0.05) is 104 Å². The SMILES string of the molecule is CCCCCCCCCCCCCCC[Si](CCC)(OC)OC. The summed E-state index contributed by atoms with van der Waals surface area (Å²) in [5.74, 6) is 0. The third kappa shape index (κ3) is 13.1. The highest BCUT2D eigenvalue weighted by atomic mass is 28.4. The topological polar surface area (TPSA) is 18.5 Å². The zero-order valence-electron chi connectivity index (χ0n) is 16.6. The van der Waals surface area contributed by atoms with Crippen LogP contribution in [-0.4, -0.2) is 22.8 Å². The van der Waals surface area contributed by atoms with E-state index < -0.39 is 8.56 Å². The zero-order valence-corrected chi connectivity index (χ0v) is 17.6. The first kappa shape index (κ1) is 23.1. The Morgan fingerprint density at radius 3 is 1.22 bits per heavy atom. The summed E-state index contributed by atoms with van der Waals surface area (Å²) in [6.45, 7) is 4.51. The Kier molecular flexibility index (Phi) is 17.1. The Balaban J connectivity index is 3.35. The average Bonchev–Trinajstić information content (AvgIpc) is 2.58. The van der Waals surface area contributed by atoms with Gasteiger partial charge in [-0.25, -0.2) is 0 Å². The first-order valence-corrected chi connectivity index (χ1v) is 12.6. The molecule has 0 heterocycles. The van der Waals surface area contributed by atoms with E-state index in [0.29, 0.717) is 0 Å². The lowest BCUT2D eigenvalue weighted by atomic mass is 10.1. The Hall–Kier alpha value is 0.137. The van der Waals surface area contributed by atoms with E-state index in [1.807, 2.05) is 14.2 Å². The molecule has 0 spiro atoms. The molecule has 2 nitrogen and oxygen atoms in total. The highest BCUT2D eigenvalue weighted by Gasteiger charge is 2.33. The van der Waals surface area contributed by atoms with Crippen LogP contribution < -0.4 is 0 Å². The molecule has 0 amide bonds. The molecule has 0 radical (unpaired) electrons. The summed E-state index contributed by atoms with van der Waals surface area (Å²) in [5, 5.41) is 0. The second-order valence-electron chi connectivity index (χ2n) is 7.06. The van der Waals surface area contributed by atoms with Gasteiger partial charge in [-0.2, -0.15) is 0 Å². The standard InChI is InChI=1S/C20H44O2Si/c1-5-7-8-9-10-11-12-13-14-15-16-17-18-20-23(21-3,22-4)19-6-2/h5-20H2,1-4H3. The van der Waals surface area contributed by atoms with Gasteiger partial charge in [0.2, 0.25) is 0 Å². The summed E-state index contributed by atoms with van der Waals surface area (Å²) in [4.78, 5) is 0. The van der Waals surface area contributed by atoms with Crippen LogP contribution in [0.15, 0.2) is 0 Å². The minimum absolute atomic E-state index is 1.14. The van der Waals surface area contributed by atoms with Crippen molar-refractivity contribution in [3.8, 4) is 0 Å². The fourth-order valence-corrected chi connectivity index (χ4v) is 6.19. The van der Waals surface area contributed by atoms with Gasteiger partial charge in [-0.15, -0.1) is 0 Å². The summed E-state index contributed by atoms with van der Waals surface area (Å²) >= 11 is 0. The predicted octanol–water partition coefficient (Wildman–Crippen LogP) is 7.22. The van der Waals surface area contributed by atoms with Crippen LogP contribution in [0.5, 0.6) is 0 Å². The molecule has 3 heteroatoms. The van der Waals surface area contributed by atoms with Gasteiger partial charge < -0.3 is 8.85 Å². The largest absolute Gasteiger partial charge is 0.398 e. The van der Waals surface area contributed by atoms with Crippen molar-refractivity contribution in [1.82, 2.24) is 0 Å². The minimum Gasteiger partial charge on any atom is -0.398 e. The summed E-state index contributed by atoms with van der Waals surface area (Å²) in [6, 6.07) is 2.31. The molecule has 0 aliphatic rings.